The lowest BCUT2D eigenvalue weighted by Gasteiger charge is -2.13. The van der Waals surface area contributed by atoms with Crippen LogP contribution in [0, 0.1) is 0 Å². The second-order valence-corrected chi connectivity index (χ2v) is 4.50. The van der Waals surface area contributed by atoms with E-state index >= 15 is 0 Å². The standard InChI is InChI=1S/C13H14F3NO2/c14-13(15,16)9-3-1-2-8(6-9)12(18)11-5-4-10(7-17)19-11/h1-3,6,10-11H,4-5,7,17H2. The third kappa shape index (κ3) is 3.13. The number of hydrogen-bond donors (Lipinski definition) is 1. The van der Waals surface area contributed by atoms with E-state index in [2.05, 4.69) is 0 Å². The van der Waals surface area contributed by atoms with Crippen molar-refractivity contribution in [2.75, 3.05) is 6.54 Å². The van der Waals surface area contributed by atoms with Crippen LogP contribution >= 0.6 is 0 Å². The van der Waals surface area contributed by atoms with Crippen molar-refractivity contribution >= 4 is 5.78 Å². The zero-order valence-electron chi connectivity index (χ0n) is 10.1. The highest BCUT2D eigenvalue weighted by atomic mass is 19.4. The van der Waals surface area contributed by atoms with Crippen LogP contribution in [0.1, 0.15) is 28.8 Å². The van der Waals surface area contributed by atoms with Crippen LogP contribution in [0.5, 0.6) is 0 Å². The number of carbonyl (C=O) groups is 1. The highest BCUT2D eigenvalue weighted by Crippen LogP contribution is 2.30. The van der Waals surface area contributed by atoms with E-state index < -0.39 is 23.6 Å². The Morgan fingerprint density at radius 3 is 2.68 bits per heavy atom. The Morgan fingerprint density at radius 1 is 1.37 bits per heavy atom. The summed E-state index contributed by atoms with van der Waals surface area (Å²) < 4.78 is 43.1. The van der Waals surface area contributed by atoms with Crippen molar-refractivity contribution in [3.63, 3.8) is 0 Å². The molecule has 2 rings (SSSR count). The maximum Gasteiger partial charge on any atom is 0.416 e. The van der Waals surface area contributed by atoms with Gasteiger partial charge in [-0.05, 0) is 25.0 Å². The number of benzene rings is 1. The van der Waals surface area contributed by atoms with Gasteiger partial charge in [-0.15, -0.1) is 0 Å². The Hall–Kier alpha value is -1.40. The van der Waals surface area contributed by atoms with Gasteiger partial charge >= 0.3 is 6.18 Å². The van der Waals surface area contributed by atoms with Gasteiger partial charge in [-0.1, -0.05) is 12.1 Å². The number of alkyl halides is 3. The predicted molar refractivity (Wildman–Crippen MR) is 62.7 cm³/mol. The molecule has 1 heterocycles. The number of hydrogen-bond acceptors (Lipinski definition) is 3. The summed E-state index contributed by atoms with van der Waals surface area (Å²) in [5, 5.41) is 0. The topological polar surface area (TPSA) is 52.3 Å². The number of rotatable bonds is 3. The summed E-state index contributed by atoms with van der Waals surface area (Å²) in [6.45, 7) is 0.312. The quantitative estimate of drug-likeness (QED) is 0.860. The fraction of sp³-hybridized carbons (Fsp3) is 0.462. The molecule has 104 valence electrons. The number of nitrogens with two attached hydrogens (primary N) is 1. The second kappa shape index (κ2) is 5.30. The third-order valence-electron chi connectivity index (χ3n) is 3.14. The van der Waals surface area contributed by atoms with Crippen LogP contribution in [-0.2, 0) is 10.9 Å². The molecule has 19 heavy (non-hydrogen) atoms. The van der Waals surface area contributed by atoms with Gasteiger partial charge < -0.3 is 10.5 Å². The molecular weight excluding hydrogens is 259 g/mol. The molecule has 0 saturated carbocycles. The second-order valence-electron chi connectivity index (χ2n) is 4.50. The van der Waals surface area contributed by atoms with Gasteiger partial charge in [0.1, 0.15) is 6.10 Å². The molecule has 1 aromatic carbocycles. The lowest BCUT2D eigenvalue weighted by atomic mass is 10.0. The minimum absolute atomic E-state index is 0.0255. The Balaban J connectivity index is 2.16. The van der Waals surface area contributed by atoms with Gasteiger partial charge in [0, 0.05) is 12.1 Å². The van der Waals surface area contributed by atoms with E-state index in [9.17, 15) is 18.0 Å². The molecule has 1 aliphatic rings. The van der Waals surface area contributed by atoms with E-state index in [1.54, 1.807) is 0 Å². The number of halogens is 3. The number of ketones is 1. The van der Waals surface area contributed by atoms with E-state index in [-0.39, 0.29) is 11.7 Å². The Morgan fingerprint density at radius 2 is 2.11 bits per heavy atom. The van der Waals surface area contributed by atoms with E-state index in [4.69, 9.17) is 10.5 Å². The van der Waals surface area contributed by atoms with E-state index in [0.717, 1.165) is 12.1 Å². The first kappa shape index (κ1) is 14.0. The molecule has 0 aliphatic carbocycles. The van der Waals surface area contributed by atoms with Crippen molar-refractivity contribution in [1.82, 2.24) is 0 Å². The SMILES string of the molecule is NCC1CCC(C(=O)c2cccc(C(F)(F)F)c2)O1. The first-order chi connectivity index (χ1) is 8.91. The highest BCUT2D eigenvalue weighted by Gasteiger charge is 2.33. The van der Waals surface area contributed by atoms with Crippen LogP contribution in [0.3, 0.4) is 0 Å². The summed E-state index contributed by atoms with van der Waals surface area (Å²) in [7, 11) is 0. The van der Waals surface area contributed by atoms with Crippen molar-refractivity contribution in [3.05, 3.63) is 35.4 Å². The summed E-state index contributed by atoms with van der Waals surface area (Å²) in [6.07, 6.45) is -4.16. The molecule has 2 atom stereocenters. The summed E-state index contributed by atoms with van der Waals surface area (Å²) in [5.41, 5.74) is 4.63. The maximum atomic E-state index is 12.6. The third-order valence-corrected chi connectivity index (χ3v) is 3.14. The smallest absolute Gasteiger partial charge is 0.366 e. The molecule has 2 unspecified atom stereocenters. The van der Waals surface area contributed by atoms with Gasteiger partial charge in [0.2, 0.25) is 0 Å². The van der Waals surface area contributed by atoms with E-state index in [0.29, 0.717) is 19.4 Å². The van der Waals surface area contributed by atoms with Gasteiger partial charge in [0.25, 0.3) is 0 Å². The molecule has 6 heteroatoms. The Bertz CT molecular complexity index is 473. The van der Waals surface area contributed by atoms with E-state index in [1.165, 1.54) is 12.1 Å². The summed E-state index contributed by atoms with van der Waals surface area (Å²) >= 11 is 0. The van der Waals surface area contributed by atoms with Crippen LogP contribution in [0.4, 0.5) is 13.2 Å². The summed E-state index contributed by atoms with van der Waals surface area (Å²) in [4.78, 5) is 12.1. The fourth-order valence-corrected chi connectivity index (χ4v) is 2.11. The number of carbonyl (C=O) groups excluding carboxylic acids is 1. The number of ether oxygens (including phenoxy) is 1. The van der Waals surface area contributed by atoms with Gasteiger partial charge in [0.05, 0.1) is 11.7 Å². The molecule has 2 N–H and O–H groups in total. The van der Waals surface area contributed by atoms with Crippen molar-refractivity contribution in [1.29, 1.82) is 0 Å². The van der Waals surface area contributed by atoms with Crippen molar-refractivity contribution in [2.45, 2.75) is 31.2 Å². The fourth-order valence-electron chi connectivity index (χ4n) is 2.11. The predicted octanol–water partition coefficient (Wildman–Crippen LogP) is 2.39. The molecule has 0 radical (unpaired) electrons. The van der Waals surface area contributed by atoms with Crippen molar-refractivity contribution < 1.29 is 22.7 Å². The average molecular weight is 273 g/mol. The molecule has 1 aliphatic heterocycles. The molecule has 1 aromatic rings. The lowest BCUT2D eigenvalue weighted by molar-refractivity contribution is -0.137. The van der Waals surface area contributed by atoms with Gasteiger partial charge in [-0.2, -0.15) is 13.2 Å². The van der Waals surface area contributed by atoms with Crippen LogP contribution in [0.2, 0.25) is 0 Å². The zero-order chi connectivity index (χ0) is 14.0. The maximum absolute atomic E-state index is 12.6. The molecule has 1 fully saturated rings. The monoisotopic (exact) mass is 273 g/mol. The molecule has 0 amide bonds. The first-order valence-corrected chi connectivity index (χ1v) is 5.99. The van der Waals surface area contributed by atoms with Crippen molar-refractivity contribution in [2.24, 2.45) is 5.73 Å². The van der Waals surface area contributed by atoms with Crippen LogP contribution in [-0.4, -0.2) is 24.5 Å². The minimum Gasteiger partial charge on any atom is -0.366 e. The van der Waals surface area contributed by atoms with Crippen molar-refractivity contribution in [3.8, 4) is 0 Å². The highest BCUT2D eigenvalue weighted by molar-refractivity contribution is 5.99. The van der Waals surface area contributed by atoms with Gasteiger partial charge in [-0.3, -0.25) is 4.79 Å². The average Bonchev–Trinajstić information content (AvgIpc) is 2.86. The summed E-state index contributed by atoms with van der Waals surface area (Å²) in [6, 6.07) is 4.40. The van der Waals surface area contributed by atoms with Crippen LogP contribution < -0.4 is 5.73 Å². The van der Waals surface area contributed by atoms with Gasteiger partial charge in [-0.25, -0.2) is 0 Å². The molecule has 0 bridgehead atoms. The zero-order valence-corrected chi connectivity index (χ0v) is 10.1. The molecule has 1 saturated heterocycles. The largest absolute Gasteiger partial charge is 0.416 e. The van der Waals surface area contributed by atoms with E-state index in [1.807, 2.05) is 0 Å². The molecular formula is C13H14F3NO2. The lowest BCUT2D eigenvalue weighted by Crippen LogP contribution is -2.25. The molecule has 0 aromatic heterocycles. The normalized spacial score (nSPS) is 23.6. The van der Waals surface area contributed by atoms with Crippen LogP contribution in [0.25, 0.3) is 0 Å². The van der Waals surface area contributed by atoms with Gasteiger partial charge in [0.15, 0.2) is 5.78 Å². The first-order valence-electron chi connectivity index (χ1n) is 5.99. The molecule has 3 nitrogen and oxygen atoms in total. The number of Topliss-reactive ketones (excluding diaryl/α,β-unsaturated/α-hetero) is 1. The Labute approximate surface area is 108 Å². The minimum atomic E-state index is -4.45. The Kier molecular flexibility index (Phi) is 3.91. The van der Waals surface area contributed by atoms with Crippen LogP contribution in [0.15, 0.2) is 24.3 Å². The molecule has 0 spiro atoms. The summed E-state index contributed by atoms with van der Waals surface area (Å²) in [5.74, 6) is -0.415.